The lowest BCUT2D eigenvalue weighted by atomic mass is 9.92. The van der Waals surface area contributed by atoms with Crippen molar-refractivity contribution in [2.45, 2.75) is 201 Å². The number of methoxy groups -OCH3 is 1. The van der Waals surface area contributed by atoms with Gasteiger partial charge in [0.05, 0.1) is 41.4 Å². The lowest BCUT2D eigenvalue weighted by molar-refractivity contribution is -0.149. The molecule has 1 aliphatic rings. The predicted molar refractivity (Wildman–Crippen MR) is 329 cm³/mol. The number of aromatic hydroxyl groups is 1. The molecule has 0 saturated carbocycles. The molecule has 24 nitrogen and oxygen atoms in total. The summed E-state index contributed by atoms with van der Waals surface area (Å²) in [6, 6.07) is 0.954. The zero-order valence-electron chi connectivity index (χ0n) is 53.9. The number of likely N-dealkylation sites (N-methyl/N-ethyl adjacent to an activating group) is 2. The van der Waals surface area contributed by atoms with Crippen LogP contribution in [0.25, 0.3) is 0 Å². The molecule has 486 valence electrons. The molecule has 0 aliphatic carbocycles. The number of anilines is 1. The van der Waals surface area contributed by atoms with Crippen LogP contribution in [0.1, 0.15) is 174 Å². The van der Waals surface area contributed by atoms with Crippen LogP contribution >= 0.6 is 11.3 Å². The van der Waals surface area contributed by atoms with E-state index >= 15 is 0 Å². The number of hydrogen-bond acceptors (Lipinski definition) is 17. The number of imide groups is 1. The van der Waals surface area contributed by atoms with Gasteiger partial charge in [-0.05, 0) is 130 Å². The SMILES string of the molecule is CC[C@H](C)[C@H](NC(=O)C(C)(C)N(C)C)C(=O)N(C)C(C[C@@H](OC(C)=O)c1nc(C(=O)N[C@@H](Cc2ccc(O)c(NC(=O)[C@H](CCCCNC(=O)CC(C)(C)OCCC(C)(C)OC)NC(=O)CCCN3C(=O)C=CC3=O)c2)CC(C)C(=O)O)cs1)C(C)C. The summed E-state index contributed by atoms with van der Waals surface area (Å²) >= 11 is 1.06. The molecule has 0 fully saturated rings. The molecule has 0 bridgehead atoms. The number of carbonyl (C=O) groups excluding carboxylic acids is 9. The highest BCUT2D eigenvalue weighted by molar-refractivity contribution is 7.09. The minimum Gasteiger partial charge on any atom is -0.506 e. The maximum Gasteiger partial charge on any atom is 0.306 e. The van der Waals surface area contributed by atoms with Gasteiger partial charge in [0, 0.05) is 76.6 Å². The molecule has 2 aromatic rings. The van der Waals surface area contributed by atoms with Gasteiger partial charge in [0.2, 0.25) is 29.5 Å². The molecule has 0 radical (unpaired) electrons. The number of aromatic nitrogens is 1. The van der Waals surface area contributed by atoms with Gasteiger partial charge in [0.15, 0.2) is 6.10 Å². The van der Waals surface area contributed by atoms with Crippen molar-refractivity contribution in [3.63, 3.8) is 0 Å². The summed E-state index contributed by atoms with van der Waals surface area (Å²) in [5, 5.41) is 37.0. The number of phenols is 1. The van der Waals surface area contributed by atoms with Crippen LogP contribution in [0.15, 0.2) is 35.7 Å². The second-order valence-electron chi connectivity index (χ2n) is 24.9. The second-order valence-corrected chi connectivity index (χ2v) is 25.8. The molecule has 1 aromatic heterocycles. The molecule has 1 aliphatic heterocycles. The molecular formula is C62H97N9O15S. The van der Waals surface area contributed by atoms with Gasteiger partial charge < -0.3 is 55.9 Å². The highest BCUT2D eigenvalue weighted by Crippen LogP contribution is 2.32. The minimum absolute atomic E-state index is 0.0134. The maximum atomic E-state index is 14.4. The number of hydrogen-bond donors (Lipinski definition) is 7. The predicted octanol–water partition coefficient (Wildman–Crippen LogP) is 6.06. The summed E-state index contributed by atoms with van der Waals surface area (Å²) in [4.78, 5) is 140. The molecule has 3 rings (SSSR count). The Morgan fingerprint density at radius 1 is 0.851 bits per heavy atom. The number of ether oxygens (including phenoxy) is 3. The van der Waals surface area contributed by atoms with Crippen molar-refractivity contribution in [3.8, 4) is 5.75 Å². The number of phenolic OH excluding ortho intramolecular Hbond substituents is 1. The molecule has 87 heavy (non-hydrogen) atoms. The first kappa shape index (κ1) is 74.4. The van der Waals surface area contributed by atoms with E-state index in [0.717, 1.165) is 28.4 Å². The summed E-state index contributed by atoms with van der Waals surface area (Å²) < 4.78 is 17.3. The number of amides is 8. The van der Waals surface area contributed by atoms with Gasteiger partial charge in [-0.25, -0.2) is 4.98 Å². The van der Waals surface area contributed by atoms with Gasteiger partial charge in [0.1, 0.15) is 28.5 Å². The van der Waals surface area contributed by atoms with E-state index < -0.39 is 88.8 Å². The number of carboxylic acid groups (broad SMARTS) is 1. The Morgan fingerprint density at radius 3 is 2.09 bits per heavy atom. The number of nitrogens with zero attached hydrogens (tertiary/aromatic N) is 4. The average Bonchev–Trinajstić information content (AvgIpc) is 2.58. The molecule has 0 spiro atoms. The number of carbonyl (C=O) groups is 10. The van der Waals surface area contributed by atoms with Crippen molar-refractivity contribution in [2.24, 2.45) is 17.8 Å². The van der Waals surface area contributed by atoms with Crippen LogP contribution in [0.3, 0.4) is 0 Å². The molecule has 7 atom stereocenters. The molecular weight excluding hydrogens is 1140 g/mol. The monoisotopic (exact) mass is 1240 g/mol. The molecule has 0 saturated heterocycles. The largest absolute Gasteiger partial charge is 0.506 e. The minimum atomic E-state index is -1.15. The smallest absolute Gasteiger partial charge is 0.306 e. The molecule has 8 amide bonds. The van der Waals surface area contributed by atoms with Crippen LogP contribution in [-0.4, -0.2) is 178 Å². The number of aliphatic carboxylic acids is 1. The van der Waals surface area contributed by atoms with E-state index in [1.165, 1.54) is 31.4 Å². The van der Waals surface area contributed by atoms with Crippen molar-refractivity contribution < 1.29 is 72.4 Å². The number of nitrogens with one attached hydrogen (secondary N) is 5. The quantitative estimate of drug-likeness (QED) is 0.0174. The van der Waals surface area contributed by atoms with E-state index in [1.807, 2.05) is 55.4 Å². The van der Waals surface area contributed by atoms with Crippen molar-refractivity contribution in [1.29, 1.82) is 0 Å². The van der Waals surface area contributed by atoms with Gasteiger partial charge in [-0.15, -0.1) is 11.3 Å². The van der Waals surface area contributed by atoms with Crippen molar-refractivity contribution in [2.75, 3.05) is 53.3 Å². The number of unbranched alkanes of at least 4 members (excludes halogenated alkanes) is 1. The van der Waals surface area contributed by atoms with E-state index in [9.17, 15) is 58.2 Å². The molecule has 2 heterocycles. The van der Waals surface area contributed by atoms with Crippen LogP contribution in [0, 0.1) is 17.8 Å². The molecule has 7 N–H and O–H groups in total. The lowest BCUT2D eigenvalue weighted by Crippen LogP contribution is -2.60. The Bertz CT molecular complexity index is 2720. The van der Waals surface area contributed by atoms with E-state index in [1.54, 1.807) is 58.0 Å². The molecule has 2 unspecified atom stereocenters. The highest BCUT2D eigenvalue weighted by atomic mass is 32.1. The van der Waals surface area contributed by atoms with Gasteiger partial charge in [-0.2, -0.15) is 0 Å². The zero-order chi connectivity index (χ0) is 65.7. The Morgan fingerprint density at radius 2 is 1.51 bits per heavy atom. The van der Waals surface area contributed by atoms with E-state index in [2.05, 4.69) is 31.6 Å². The number of esters is 1. The first-order valence-electron chi connectivity index (χ1n) is 29.9. The third kappa shape index (κ3) is 24.0. The first-order chi connectivity index (χ1) is 40.5. The normalized spacial score (nSPS) is 15.3. The fraction of sp³-hybridized carbons (Fsp3) is 0.661. The summed E-state index contributed by atoms with van der Waals surface area (Å²) in [6.45, 7) is 22.1. The Labute approximate surface area is 517 Å². The van der Waals surface area contributed by atoms with E-state index in [-0.39, 0.29) is 115 Å². The zero-order valence-corrected chi connectivity index (χ0v) is 54.7. The number of rotatable bonds is 38. The van der Waals surface area contributed by atoms with Crippen LogP contribution in [0.5, 0.6) is 5.75 Å². The topological polar surface area (TPSA) is 322 Å². The number of thiazole rings is 1. The molecule has 1 aromatic carbocycles. The standard InChI is InChI=1S/C62H97N9O15S/c1-17-38(4)53(68-59(83)62(11,12)69(13)14)57(80)70(15)46(37(2)3)34-48(86-40(6)72)56-67-45(36-87-56)55(79)64-42(31-39(5)58(81)82)32-41-23-24-47(73)44(33-41)66-54(78)43(65-49(74)22-20-29-71-51(76)25-26-52(71)77)21-18-19-28-63-50(75)35-61(9,10)85-30-27-60(7,8)84-16/h23-26,33,36-39,42-43,46,48,53,73H,17-22,27-32,34-35H2,1-16H3,(H,63,75)(H,64,79)(H,65,74)(H,66,78)(H,68,83)(H,81,82)/t38-,39?,42+,43-,46?,48+,53-/m0/s1. The second kappa shape index (κ2) is 34.1. The first-order valence-corrected chi connectivity index (χ1v) is 30.7. The van der Waals surface area contributed by atoms with Crippen molar-refractivity contribution >= 4 is 76.2 Å². The Kier molecular flexibility index (Phi) is 29.1. The van der Waals surface area contributed by atoms with Gasteiger partial charge in [-0.3, -0.25) is 57.7 Å². The summed E-state index contributed by atoms with van der Waals surface area (Å²) in [7, 11) is 6.83. The van der Waals surface area contributed by atoms with Crippen LogP contribution < -0.4 is 26.6 Å². The summed E-state index contributed by atoms with van der Waals surface area (Å²) in [5.74, 6) is -7.18. The van der Waals surface area contributed by atoms with Crippen LogP contribution in [-0.2, 0) is 63.8 Å². The average molecular weight is 1240 g/mol. The van der Waals surface area contributed by atoms with Gasteiger partial charge in [0.25, 0.3) is 17.7 Å². The van der Waals surface area contributed by atoms with Crippen molar-refractivity contribution in [3.05, 3.63) is 52.0 Å². The maximum absolute atomic E-state index is 14.4. The van der Waals surface area contributed by atoms with E-state index in [0.29, 0.717) is 37.9 Å². The Hall–Kier alpha value is -6.83. The molecule has 25 heteroatoms. The third-order valence-corrected chi connectivity index (χ3v) is 16.9. The van der Waals surface area contributed by atoms with Crippen LogP contribution in [0.2, 0.25) is 0 Å². The number of benzene rings is 1. The van der Waals surface area contributed by atoms with Gasteiger partial charge in [-0.1, -0.05) is 47.1 Å². The highest BCUT2D eigenvalue weighted by Gasteiger charge is 2.39. The summed E-state index contributed by atoms with van der Waals surface area (Å²) in [5.41, 5.74) is -1.67. The van der Waals surface area contributed by atoms with Gasteiger partial charge >= 0.3 is 11.9 Å². The van der Waals surface area contributed by atoms with E-state index in [4.69, 9.17) is 14.2 Å². The van der Waals surface area contributed by atoms with Crippen molar-refractivity contribution in [1.82, 2.24) is 41.0 Å². The lowest BCUT2D eigenvalue weighted by Gasteiger charge is -2.38. The fourth-order valence-electron chi connectivity index (χ4n) is 9.38. The number of carboxylic acids is 1. The Balaban J connectivity index is 1.83. The van der Waals surface area contributed by atoms with Crippen LogP contribution in [0.4, 0.5) is 5.69 Å². The third-order valence-electron chi connectivity index (χ3n) is 16.0. The fourth-order valence-corrected chi connectivity index (χ4v) is 10.2. The summed E-state index contributed by atoms with van der Waals surface area (Å²) in [6.07, 6.45) is 3.55.